The molecule has 10 heteroatoms. The molecule has 6 nitrogen and oxygen atoms in total. The van der Waals surface area contributed by atoms with Crippen molar-refractivity contribution in [1.82, 2.24) is 14.3 Å². The standard InChI is InChI=1S/C22H20F2N4O2S.ClH/c1-14-3-6-21(20(24)7-14)27-17-4-5-19-15(10-25-2)13-28(22(19)9-17)31(29,30)18-8-16(23)11-26-12-18;/h3-9,11-13,25,27H,10H2,1-2H3;1H. The molecular formula is C22H21ClF2N4O2S. The van der Waals surface area contributed by atoms with Crippen LogP contribution in [0.5, 0.6) is 0 Å². The first-order chi connectivity index (χ1) is 14.8. The first-order valence-corrected chi connectivity index (χ1v) is 10.9. The van der Waals surface area contributed by atoms with Gasteiger partial charge in [-0.15, -0.1) is 12.4 Å². The molecule has 0 aliphatic heterocycles. The van der Waals surface area contributed by atoms with Crippen LogP contribution in [0.3, 0.4) is 0 Å². The van der Waals surface area contributed by atoms with Gasteiger partial charge in [-0.1, -0.05) is 12.1 Å². The van der Waals surface area contributed by atoms with E-state index in [1.165, 1.54) is 12.3 Å². The highest BCUT2D eigenvalue weighted by Gasteiger charge is 2.22. The highest BCUT2D eigenvalue weighted by atomic mass is 35.5. The summed E-state index contributed by atoms with van der Waals surface area (Å²) in [5.74, 6) is -1.16. The van der Waals surface area contributed by atoms with E-state index in [2.05, 4.69) is 15.6 Å². The molecular weight excluding hydrogens is 458 g/mol. The van der Waals surface area contributed by atoms with Gasteiger partial charge in [0.2, 0.25) is 0 Å². The van der Waals surface area contributed by atoms with Crippen molar-refractivity contribution in [2.45, 2.75) is 18.4 Å². The van der Waals surface area contributed by atoms with Crippen LogP contribution in [0.25, 0.3) is 10.9 Å². The van der Waals surface area contributed by atoms with E-state index >= 15 is 0 Å². The number of fused-ring (bicyclic) bond motifs is 1. The van der Waals surface area contributed by atoms with Crippen LogP contribution in [0, 0.1) is 18.6 Å². The lowest BCUT2D eigenvalue weighted by atomic mass is 10.1. The molecule has 0 saturated carbocycles. The fourth-order valence-electron chi connectivity index (χ4n) is 3.40. The van der Waals surface area contributed by atoms with Crippen LogP contribution in [0.4, 0.5) is 20.2 Å². The van der Waals surface area contributed by atoms with Gasteiger partial charge in [-0.25, -0.2) is 21.2 Å². The van der Waals surface area contributed by atoms with Crippen LogP contribution >= 0.6 is 12.4 Å². The van der Waals surface area contributed by atoms with E-state index in [1.54, 1.807) is 44.3 Å². The minimum Gasteiger partial charge on any atom is -0.353 e. The van der Waals surface area contributed by atoms with E-state index in [4.69, 9.17) is 0 Å². The first-order valence-electron chi connectivity index (χ1n) is 9.47. The van der Waals surface area contributed by atoms with E-state index in [0.29, 0.717) is 23.1 Å². The van der Waals surface area contributed by atoms with Crippen LogP contribution in [0.2, 0.25) is 0 Å². The molecule has 0 spiro atoms. The van der Waals surface area contributed by atoms with Gasteiger partial charge in [0.05, 0.1) is 17.4 Å². The fourth-order valence-corrected chi connectivity index (χ4v) is 4.76. The second kappa shape index (κ2) is 9.23. The van der Waals surface area contributed by atoms with Crippen LogP contribution < -0.4 is 10.6 Å². The third kappa shape index (κ3) is 4.45. The van der Waals surface area contributed by atoms with Crippen LogP contribution in [0.1, 0.15) is 11.1 Å². The van der Waals surface area contributed by atoms with Crippen molar-refractivity contribution >= 4 is 44.7 Å². The van der Waals surface area contributed by atoms with Gasteiger partial charge in [0.25, 0.3) is 10.0 Å². The summed E-state index contributed by atoms with van der Waals surface area (Å²) >= 11 is 0. The van der Waals surface area contributed by atoms with Gasteiger partial charge < -0.3 is 10.6 Å². The molecule has 0 saturated heterocycles. The van der Waals surface area contributed by atoms with Crippen molar-refractivity contribution in [2.75, 3.05) is 12.4 Å². The van der Waals surface area contributed by atoms with Gasteiger partial charge in [-0.2, -0.15) is 0 Å². The monoisotopic (exact) mass is 478 g/mol. The molecule has 0 atom stereocenters. The molecule has 0 amide bonds. The number of hydrogen-bond acceptors (Lipinski definition) is 5. The van der Waals surface area contributed by atoms with Gasteiger partial charge in [0.1, 0.15) is 16.5 Å². The van der Waals surface area contributed by atoms with Gasteiger partial charge >= 0.3 is 0 Å². The number of nitrogens with zero attached hydrogens (tertiary/aromatic N) is 2. The topological polar surface area (TPSA) is 76.0 Å². The number of aromatic nitrogens is 2. The Morgan fingerprint density at radius 3 is 2.53 bits per heavy atom. The van der Waals surface area contributed by atoms with Crippen molar-refractivity contribution in [1.29, 1.82) is 0 Å². The highest BCUT2D eigenvalue weighted by Crippen LogP contribution is 2.30. The number of hydrogen-bond donors (Lipinski definition) is 2. The summed E-state index contributed by atoms with van der Waals surface area (Å²) in [5.41, 5.74) is 2.71. The first kappa shape index (κ1) is 23.6. The molecule has 2 N–H and O–H groups in total. The summed E-state index contributed by atoms with van der Waals surface area (Å²) in [6.45, 7) is 2.22. The van der Waals surface area contributed by atoms with Crippen molar-refractivity contribution in [3.05, 3.63) is 83.8 Å². The fraction of sp³-hybridized carbons (Fsp3) is 0.136. The lowest BCUT2D eigenvalue weighted by Crippen LogP contribution is -2.13. The number of halogens is 3. The minimum absolute atomic E-state index is 0. The van der Waals surface area contributed by atoms with E-state index in [9.17, 15) is 17.2 Å². The van der Waals surface area contributed by atoms with Crippen LogP contribution in [-0.4, -0.2) is 24.4 Å². The van der Waals surface area contributed by atoms with Crippen molar-refractivity contribution in [3.8, 4) is 0 Å². The zero-order chi connectivity index (χ0) is 22.2. The van der Waals surface area contributed by atoms with Crippen molar-refractivity contribution < 1.29 is 17.2 Å². The van der Waals surface area contributed by atoms with Crippen LogP contribution in [-0.2, 0) is 16.6 Å². The van der Waals surface area contributed by atoms with E-state index < -0.39 is 21.7 Å². The average molecular weight is 479 g/mol. The van der Waals surface area contributed by atoms with Crippen molar-refractivity contribution in [3.63, 3.8) is 0 Å². The smallest absolute Gasteiger partial charge is 0.269 e. The van der Waals surface area contributed by atoms with E-state index in [1.807, 2.05) is 0 Å². The Balaban J connectivity index is 0.00000289. The molecule has 2 aromatic heterocycles. The summed E-state index contributed by atoms with van der Waals surface area (Å²) in [6.07, 6.45) is 3.54. The molecule has 0 aliphatic carbocycles. The van der Waals surface area contributed by atoms with Gasteiger partial charge in [0.15, 0.2) is 0 Å². The molecule has 2 aromatic carbocycles. The molecule has 0 aliphatic rings. The number of aryl methyl sites for hydroxylation is 1. The Morgan fingerprint density at radius 2 is 1.84 bits per heavy atom. The Labute approximate surface area is 190 Å². The number of nitrogens with one attached hydrogen (secondary N) is 2. The largest absolute Gasteiger partial charge is 0.353 e. The normalized spacial score (nSPS) is 11.4. The number of pyridine rings is 1. The van der Waals surface area contributed by atoms with Gasteiger partial charge in [-0.05, 0) is 55.4 Å². The van der Waals surface area contributed by atoms with E-state index in [0.717, 1.165) is 33.6 Å². The molecule has 0 radical (unpaired) electrons. The minimum atomic E-state index is -4.10. The molecule has 0 fully saturated rings. The van der Waals surface area contributed by atoms with E-state index in [-0.39, 0.29) is 23.0 Å². The lowest BCUT2D eigenvalue weighted by Gasteiger charge is -2.11. The molecule has 0 unspecified atom stereocenters. The molecule has 2 heterocycles. The third-order valence-electron chi connectivity index (χ3n) is 4.86. The Bertz CT molecular complexity index is 1390. The second-order valence-corrected chi connectivity index (χ2v) is 8.98. The Morgan fingerprint density at radius 1 is 1.06 bits per heavy atom. The predicted octanol–water partition coefficient (Wildman–Crippen LogP) is 4.74. The number of anilines is 2. The lowest BCUT2D eigenvalue weighted by molar-refractivity contribution is 0.582. The number of rotatable bonds is 6. The predicted molar refractivity (Wildman–Crippen MR) is 123 cm³/mol. The van der Waals surface area contributed by atoms with Crippen molar-refractivity contribution in [2.24, 2.45) is 0 Å². The molecule has 168 valence electrons. The van der Waals surface area contributed by atoms with Crippen LogP contribution in [0.15, 0.2) is 66.0 Å². The maximum absolute atomic E-state index is 14.3. The summed E-state index contributed by atoms with van der Waals surface area (Å²) in [4.78, 5) is 3.39. The summed E-state index contributed by atoms with van der Waals surface area (Å²) < 4.78 is 55.5. The summed E-state index contributed by atoms with van der Waals surface area (Å²) in [6, 6.07) is 10.9. The quantitative estimate of drug-likeness (QED) is 0.418. The number of benzene rings is 2. The Hall–Kier alpha value is -3.01. The molecule has 32 heavy (non-hydrogen) atoms. The SMILES string of the molecule is CNCc1cn(S(=O)(=O)c2cncc(F)c2)c2cc(Nc3ccc(C)cc3F)ccc12.Cl. The van der Waals surface area contributed by atoms with Gasteiger partial charge in [0, 0.05) is 30.0 Å². The maximum atomic E-state index is 14.3. The molecule has 4 rings (SSSR count). The molecule has 0 bridgehead atoms. The summed E-state index contributed by atoms with van der Waals surface area (Å²) in [7, 11) is -2.35. The Kier molecular flexibility index (Phi) is 6.82. The third-order valence-corrected chi connectivity index (χ3v) is 6.50. The zero-order valence-corrected chi connectivity index (χ0v) is 18.9. The highest BCUT2D eigenvalue weighted by molar-refractivity contribution is 7.90. The molecule has 4 aromatic rings. The maximum Gasteiger partial charge on any atom is 0.269 e. The zero-order valence-electron chi connectivity index (χ0n) is 17.3. The average Bonchev–Trinajstić information content (AvgIpc) is 3.09. The second-order valence-electron chi connectivity index (χ2n) is 7.16. The van der Waals surface area contributed by atoms with Gasteiger partial charge in [-0.3, -0.25) is 4.98 Å². The summed E-state index contributed by atoms with van der Waals surface area (Å²) in [5, 5.41) is 6.71.